The van der Waals surface area contributed by atoms with Crippen LogP contribution in [0.1, 0.15) is 29.8 Å². The SMILES string of the molecule is CCc1ccc(C(NC)c2ccc(Cl)cn2)cc1. The van der Waals surface area contributed by atoms with E-state index in [0.29, 0.717) is 5.02 Å². The van der Waals surface area contributed by atoms with Crippen LogP contribution in [0.15, 0.2) is 42.6 Å². The van der Waals surface area contributed by atoms with E-state index in [9.17, 15) is 0 Å². The van der Waals surface area contributed by atoms with E-state index in [-0.39, 0.29) is 6.04 Å². The van der Waals surface area contributed by atoms with Gasteiger partial charge in [0.1, 0.15) is 0 Å². The number of rotatable bonds is 4. The van der Waals surface area contributed by atoms with Gasteiger partial charge in [0, 0.05) is 6.20 Å². The van der Waals surface area contributed by atoms with Crippen LogP contribution in [-0.2, 0) is 6.42 Å². The second kappa shape index (κ2) is 5.98. The second-order valence-electron chi connectivity index (χ2n) is 4.22. The lowest BCUT2D eigenvalue weighted by Gasteiger charge is -2.16. The normalized spacial score (nSPS) is 12.4. The van der Waals surface area contributed by atoms with Gasteiger partial charge in [-0.15, -0.1) is 0 Å². The Bertz CT molecular complexity index is 491. The van der Waals surface area contributed by atoms with Gasteiger partial charge in [0.15, 0.2) is 0 Å². The molecule has 2 aromatic rings. The number of aromatic nitrogens is 1. The van der Waals surface area contributed by atoms with Crippen LogP contribution in [-0.4, -0.2) is 12.0 Å². The van der Waals surface area contributed by atoms with Crippen molar-refractivity contribution in [3.63, 3.8) is 0 Å². The highest BCUT2D eigenvalue weighted by atomic mass is 35.5. The lowest BCUT2D eigenvalue weighted by Crippen LogP contribution is -2.18. The van der Waals surface area contributed by atoms with Crippen molar-refractivity contribution in [2.75, 3.05) is 7.05 Å². The van der Waals surface area contributed by atoms with Crippen molar-refractivity contribution in [3.8, 4) is 0 Å². The first kappa shape index (κ1) is 13.1. The lowest BCUT2D eigenvalue weighted by molar-refractivity contribution is 0.671. The highest BCUT2D eigenvalue weighted by Gasteiger charge is 2.12. The Labute approximate surface area is 113 Å². The van der Waals surface area contributed by atoms with Crippen molar-refractivity contribution in [1.29, 1.82) is 0 Å². The first-order valence-electron chi connectivity index (χ1n) is 6.12. The largest absolute Gasteiger partial charge is 0.308 e. The van der Waals surface area contributed by atoms with E-state index in [1.165, 1.54) is 11.1 Å². The van der Waals surface area contributed by atoms with Gasteiger partial charge in [-0.3, -0.25) is 4.98 Å². The van der Waals surface area contributed by atoms with Crippen molar-refractivity contribution in [1.82, 2.24) is 10.3 Å². The molecule has 18 heavy (non-hydrogen) atoms. The van der Waals surface area contributed by atoms with Crippen LogP contribution in [0.3, 0.4) is 0 Å². The maximum Gasteiger partial charge on any atom is 0.0748 e. The molecule has 1 aromatic carbocycles. The first-order chi connectivity index (χ1) is 8.74. The molecule has 0 spiro atoms. The summed E-state index contributed by atoms with van der Waals surface area (Å²) in [7, 11) is 1.94. The Kier molecular flexibility index (Phi) is 4.34. The molecule has 0 saturated carbocycles. The highest BCUT2D eigenvalue weighted by molar-refractivity contribution is 6.30. The van der Waals surface area contributed by atoms with E-state index < -0.39 is 0 Å². The molecule has 2 rings (SSSR count). The lowest BCUT2D eigenvalue weighted by atomic mass is 10.0. The van der Waals surface area contributed by atoms with Gasteiger partial charge in [0.25, 0.3) is 0 Å². The molecule has 0 amide bonds. The van der Waals surface area contributed by atoms with Crippen LogP contribution < -0.4 is 5.32 Å². The summed E-state index contributed by atoms with van der Waals surface area (Å²) in [6.07, 6.45) is 2.74. The molecular formula is C15H17ClN2. The molecule has 0 bridgehead atoms. The summed E-state index contributed by atoms with van der Waals surface area (Å²) < 4.78 is 0. The van der Waals surface area contributed by atoms with Crippen molar-refractivity contribution in [2.24, 2.45) is 0 Å². The minimum absolute atomic E-state index is 0.105. The molecule has 0 fully saturated rings. The van der Waals surface area contributed by atoms with E-state index in [2.05, 4.69) is 41.5 Å². The Hall–Kier alpha value is -1.38. The quantitative estimate of drug-likeness (QED) is 0.909. The molecule has 1 unspecified atom stereocenters. The summed E-state index contributed by atoms with van der Waals surface area (Å²) in [6.45, 7) is 2.16. The Morgan fingerprint density at radius 2 is 1.89 bits per heavy atom. The predicted molar refractivity (Wildman–Crippen MR) is 76.0 cm³/mol. The number of benzene rings is 1. The number of nitrogens with zero attached hydrogens (tertiary/aromatic N) is 1. The van der Waals surface area contributed by atoms with Crippen molar-refractivity contribution in [3.05, 3.63) is 64.4 Å². The predicted octanol–water partition coefficient (Wildman–Crippen LogP) is 3.61. The minimum atomic E-state index is 0.105. The van der Waals surface area contributed by atoms with Crippen molar-refractivity contribution in [2.45, 2.75) is 19.4 Å². The standard InChI is InChI=1S/C15H17ClN2/c1-3-11-4-6-12(7-5-11)15(17-2)14-9-8-13(16)10-18-14/h4-10,15,17H,3H2,1-2H3. The van der Waals surface area contributed by atoms with Crippen LogP contribution >= 0.6 is 11.6 Å². The van der Waals surface area contributed by atoms with Gasteiger partial charge >= 0.3 is 0 Å². The summed E-state index contributed by atoms with van der Waals surface area (Å²) in [5.74, 6) is 0. The number of hydrogen-bond acceptors (Lipinski definition) is 2. The molecule has 0 aliphatic carbocycles. The average Bonchev–Trinajstić information content (AvgIpc) is 2.42. The summed E-state index contributed by atoms with van der Waals surface area (Å²) in [5, 5.41) is 3.95. The molecule has 0 saturated heterocycles. The number of aryl methyl sites for hydroxylation is 1. The summed E-state index contributed by atoms with van der Waals surface area (Å²) in [5.41, 5.74) is 3.54. The topological polar surface area (TPSA) is 24.9 Å². The van der Waals surface area contributed by atoms with Gasteiger partial charge in [0.05, 0.1) is 16.8 Å². The fourth-order valence-electron chi connectivity index (χ4n) is 1.99. The highest BCUT2D eigenvalue weighted by Crippen LogP contribution is 2.21. The molecule has 0 radical (unpaired) electrons. The van der Waals surface area contributed by atoms with Gasteiger partial charge in [0.2, 0.25) is 0 Å². The zero-order chi connectivity index (χ0) is 13.0. The van der Waals surface area contributed by atoms with Crippen LogP contribution in [0, 0.1) is 0 Å². The van der Waals surface area contributed by atoms with Crippen molar-refractivity contribution >= 4 is 11.6 Å². The molecule has 0 aliphatic rings. The van der Waals surface area contributed by atoms with Gasteiger partial charge in [-0.25, -0.2) is 0 Å². The van der Waals surface area contributed by atoms with E-state index in [1.807, 2.05) is 19.2 Å². The maximum atomic E-state index is 5.86. The summed E-state index contributed by atoms with van der Waals surface area (Å²) >= 11 is 5.86. The summed E-state index contributed by atoms with van der Waals surface area (Å²) in [4.78, 5) is 4.37. The third-order valence-corrected chi connectivity index (χ3v) is 3.28. The average molecular weight is 261 g/mol. The Morgan fingerprint density at radius 3 is 2.39 bits per heavy atom. The third-order valence-electron chi connectivity index (χ3n) is 3.06. The fraction of sp³-hybridized carbons (Fsp3) is 0.267. The summed E-state index contributed by atoms with van der Waals surface area (Å²) in [6, 6.07) is 12.6. The smallest absolute Gasteiger partial charge is 0.0748 e. The first-order valence-corrected chi connectivity index (χ1v) is 6.50. The number of hydrogen-bond donors (Lipinski definition) is 1. The molecular weight excluding hydrogens is 244 g/mol. The second-order valence-corrected chi connectivity index (χ2v) is 4.65. The van der Waals surface area contributed by atoms with E-state index in [1.54, 1.807) is 6.20 Å². The third kappa shape index (κ3) is 2.89. The molecule has 2 nitrogen and oxygen atoms in total. The monoisotopic (exact) mass is 260 g/mol. The van der Waals surface area contributed by atoms with Crippen LogP contribution in [0.4, 0.5) is 0 Å². The Morgan fingerprint density at radius 1 is 1.17 bits per heavy atom. The van der Waals surface area contributed by atoms with Crippen LogP contribution in [0.5, 0.6) is 0 Å². The van der Waals surface area contributed by atoms with E-state index in [4.69, 9.17) is 11.6 Å². The van der Waals surface area contributed by atoms with Gasteiger partial charge < -0.3 is 5.32 Å². The number of halogens is 1. The molecule has 1 N–H and O–H groups in total. The molecule has 3 heteroatoms. The van der Waals surface area contributed by atoms with E-state index in [0.717, 1.165) is 12.1 Å². The molecule has 0 aliphatic heterocycles. The van der Waals surface area contributed by atoms with Crippen LogP contribution in [0.2, 0.25) is 5.02 Å². The minimum Gasteiger partial charge on any atom is -0.308 e. The zero-order valence-electron chi connectivity index (χ0n) is 10.7. The molecule has 1 aromatic heterocycles. The molecule has 1 atom stereocenters. The van der Waals surface area contributed by atoms with E-state index >= 15 is 0 Å². The fourth-order valence-corrected chi connectivity index (χ4v) is 2.10. The van der Waals surface area contributed by atoms with Crippen LogP contribution in [0.25, 0.3) is 0 Å². The maximum absolute atomic E-state index is 5.86. The zero-order valence-corrected chi connectivity index (χ0v) is 11.4. The number of pyridine rings is 1. The van der Waals surface area contributed by atoms with Gasteiger partial charge in [-0.1, -0.05) is 42.8 Å². The molecule has 94 valence electrons. The molecule has 1 heterocycles. The Balaban J connectivity index is 2.29. The van der Waals surface area contributed by atoms with Crippen molar-refractivity contribution < 1.29 is 0 Å². The van der Waals surface area contributed by atoms with Gasteiger partial charge in [-0.05, 0) is 36.7 Å². The number of nitrogens with one attached hydrogen (secondary N) is 1. The van der Waals surface area contributed by atoms with Gasteiger partial charge in [-0.2, -0.15) is 0 Å².